The number of carbonyl (C=O) groups is 2. The normalized spacial score (nSPS) is 11.2. The molecule has 0 aliphatic rings. The van der Waals surface area contributed by atoms with E-state index in [1.807, 2.05) is 0 Å². The van der Waals surface area contributed by atoms with Gasteiger partial charge in [0.2, 0.25) is 0 Å². The van der Waals surface area contributed by atoms with Crippen LogP contribution in [0.25, 0.3) is 11.1 Å². The van der Waals surface area contributed by atoms with Crippen LogP contribution in [0.3, 0.4) is 0 Å². The van der Waals surface area contributed by atoms with Crippen LogP contribution in [-0.4, -0.2) is 23.5 Å². The van der Waals surface area contributed by atoms with Crippen LogP contribution in [0.4, 0.5) is 18.3 Å². The van der Waals surface area contributed by atoms with Gasteiger partial charge in [0.1, 0.15) is 4.88 Å². The molecule has 0 saturated heterocycles. The van der Waals surface area contributed by atoms with Gasteiger partial charge in [0.15, 0.2) is 5.13 Å². The van der Waals surface area contributed by atoms with Gasteiger partial charge in [-0.25, -0.2) is 9.78 Å². The van der Waals surface area contributed by atoms with Crippen LogP contribution in [0.1, 0.15) is 38.2 Å². The number of aromatic nitrogens is 1. The van der Waals surface area contributed by atoms with Crippen molar-refractivity contribution in [3.63, 3.8) is 0 Å². The Morgan fingerprint density at radius 1 is 1.10 bits per heavy atom. The first-order chi connectivity index (χ1) is 14.2. The quantitative estimate of drug-likeness (QED) is 0.534. The number of nitrogens with one attached hydrogen (secondary N) is 1. The van der Waals surface area contributed by atoms with Gasteiger partial charge in [-0.2, -0.15) is 13.2 Å². The first kappa shape index (κ1) is 21.5. The second kappa shape index (κ2) is 8.66. The van der Waals surface area contributed by atoms with E-state index in [9.17, 15) is 22.8 Å². The third kappa shape index (κ3) is 4.68. The van der Waals surface area contributed by atoms with Crippen molar-refractivity contribution in [1.82, 2.24) is 4.98 Å². The van der Waals surface area contributed by atoms with Gasteiger partial charge < -0.3 is 4.74 Å². The van der Waals surface area contributed by atoms with Crippen molar-refractivity contribution in [2.45, 2.75) is 20.0 Å². The first-order valence-corrected chi connectivity index (χ1v) is 9.75. The van der Waals surface area contributed by atoms with Gasteiger partial charge in [-0.1, -0.05) is 41.7 Å². The number of hydrogen-bond acceptors (Lipinski definition) is 5. The van der Waals surface area contributed by atoms with Gasteiger partial charge in [0, 0.05) is 5.56 Å². The SMILES string of the molecule is CCOC(=O)c1sc(NC(=O)c2ccccc2-c2ccc(C(F)(F)F)cc2)nc1C. The van der Waals surface area contributed by atoms with E-state index in [0.717, 1.165) is 23.5 Å². The molecule has 0 radical (unpaired) electrons. The summed E-state index contributed by atoms with van der Waals surface area (Å²) in [6.07, 6.45) is -4.44. The number of thiazole rings is 1. The molecule has 3 rings (SSSR count). The highest BCUT2D eigenvalue weighted by molar-refractivity contribution is 7.17. The van der Waals surface area contributed by atoms with Gasteiger partial charge in [0.05, 0.1) is 17.9 Å². The molecule has 1 aromatic heterocycles. The van der Waals surface area contributed by atoms with Crippen LogP contribution in [0, 0.1) is 6.92 Å². The highest BCUT2D eigenvalue weighted by Crippen LogP contribution is 2.32. The zero-order chi connectivity index (χ0) is 21.9. The molecule has 1 amide bonds. The van der Waals surface area contributed by atoms with E-state index in [-0.39, 0.29) is 17.3 Å². The van der Waals surface area contributed by atoms with E-state index in [2.05, 4.69) is 10.3 Å². The molecular weight excluding hydrogens is 417 g/mol. The number of esters is 1. The number of aryl methyl sites for hydroxylation is 1. The van der Waals surface area contributed by atoms with Crippen molar-refractivity contribution >= 4 is 28.3 Å². The molecule has 0 unspecified atom stereocenters. The number of carbonyl (C=O) groups excluding carboxylic acids is 2. The van der Waals surface area contributed by atoms with Crippen molar-refractivity contribution in [3.8, 4) is 11.1 Å². The molecule has 30 heavy (non-hydrogen) atoms. The average molecular weight is 434 g/mol. The van der Waals surface area contributed by atoms with Crippen LogP contribution in [0.5, 0.6) is 0 Å². The van der Waals surface area contributed by atoms with Crippen molar-refractivity contribution in [2.75, 3.05) is 11.9 Å². The summed E-state index contributed by atoms with van der Waals surface area (Å²) in [5.74, 6) is -1.01. The predicted molar refractivity (Wildman–Crippen MR) is 108 cm³/mol. The summed E-state index contributed by atoms with van der Waals surface area (Å²) in [5, 5.41) is 2.87. The number of hydrogen-bond donors (Lipinski definition) is 1. The maximum absolute atomic E-state index is 12.8. The Kier molecular flexibility index (Phi) is 6.21. The van der Waals surface area contributed by atoms with Crippen molar-refractivity contribution in [3.05, 3.63) is 70.2 Å². The Hall–Kier alpha value is -3.20. The minimum absolute atomic E-state index is 0.221. The van der Waals surface area contributed by atoms with E-state index in [0.29, 0.717) is 21.7 Å². The number of rotatable bonds is 5. The summed E-state index contributed by atoms with van der Waals surface area (Å²) in [6, 6.07) is 11.1. The molecule has 5 nitrogen and oxygen atoms in total. The Morgan fingerprint density at radius 3 is 2.40 bits per heavy atom. The summed E-state index contributed by atoms with van der Waals surface area (Å²) >= 11 is 0.994. The zero-order valence-electron chi connectivity index (χ0n) is 16.0. The summed E-state index contributed by atoms with van der Waals surface area (Å²) in [4.78, 5) is 29.2. The van der Waals surface area contributed by atoms with Crippen LogP contribution in [0.2, 0.25) is 0 Å². The van der Waals surface area contributed by atoms with Gasteiger partial charge in [-0.3, -0.25) is 10.1 Å². The van der Waals surface area contributed by atoms with E-state index in [1.54, 1.807) is 38.1 Å². The van der Waals surface area contributed by atoms with Crippen molar-refractivity contribution < 1.29 is 27.5 Å². The predicted octanol–water partition coefficient (Wildman–Crippen LogP) is 5.57. The van der Waals surface area contributed by atoms with Crippen LogP contribution >= 0.6 is 11.3 Å². The second-order valence-electron chi connectivity index (χ2n) is 6.23. The molecule has 2 aromatic carbocycles. The topological polar surface area (TPSA) is 68.3 Å². The second-order valence-corrected chi connectivity index (χ2v) is 7.23. The molecule has 9 heteroatoms. The summed E-state index contributed by atoms with van der Waals surface area (Å²) < 4.78 is 43.4. The average Bonchev–Trinajstić information content (AvgIpc) is 3.07. The highest BCUT2D eigenvalue weighted by Gasteiger charge is 2.30. The number of halogens is 3. The van der Waals surface area contributed by atoms with E-state index in [1.165, 1.54) is 12.1 Å². The highest BCUT2D eigenvalue weighted by atomic mass is 32.1. The number of alkyl halides is 3. The largest absolute Gasteiger partial charge is 0.462 e. The summed E-state index contributed by atoms with van der Waals surface area (Å²) in [7, 11) is 0. The number of amides is 1. The number of nitrogens with zero attached hydrogens (tertiary/aromatic N) is 1. The third-order valence-corrected chi connectivity index (χ3v) is 5.23. The molecule has 0 saturated carbocycles. The number of anilines is 1. The Labute approximate surface area is 174 Å². The molecule has 1 N–H and O–H groups in total. The Balaban J connectivity index is 1.86. The molecule has 0 fully saturated rings. The monoisotopic (exact) mass is 434 g/mol. The molecule has 0 aliphatic heterocycles. The first-order valence-electron chi connectivity index (χ1n) is 8.93. The van der Waals surface area contributed by atoms with Crippen LogP contribution in [-0.2, 0) is 10.9 Å². The number of benzene rings is 2. The van der Waals surface area contributed by atoms with Gasteiger partial charge in [-0.15, -0.1) is 0 Å². The lowest BCUT2D eigenvalue weighted by molar-refractivity contribution is -0.137. The van der Waals surface area contributed by atoms with E-state index in [4.69, 9.17) is 4.74 Å². The van der Waals surface area contributed by atoms with Crippen molar-refractivity contribution in [1.29, 1.82) is 0 Å². The standard InChI is InChI=1S/C21H17F3N2O3S/c1-3-29-19(28)17-12(2)25-20(30-17)26-18(27)16-7-5-4-6-15(16)13-8-10-14(11-9-13)21(22,23)24/h4-11H,3H2,1-2H3,(H,25,26,27). The Bertz CT molecular complexity index is 1080. The molecule has 0 atom stereocenters. The zero-order valence-corrected chi connectivity index (χ0v) is 16.9. The maximum Gasteiger partial charge on any atom is 0.416 e. The van der Waals surface area contributed by atoms with Crippen LogP contribution < -0.4 is 5.32 Å². The van der Waals surface area contributed by atoms with Gasteiger partial charge in [0.25, 0.3) is 5.91 Å². The molecule has 0 aliphatic carbocycles. The molecule has 1 heterocycles. The van der Waals surface area contributed by atoms with Crippen molar-refractivity contribution in [2.24, 2.45) is 0 Å². The lowest BCUT2D eigenvalue weighted by atomic mass is 9.98. The molecule has 156 valence electrons. The summed E-state index contributed by atoms with van der Waals surface area (Å²) in [6.45, 7) is 3.54. The fraction of sp³-hybridized carbons (Fsp3) is 0.190. The Morgan fingerprint density at radius 2 is 1.77 bits per heavy atom. The maximum atomic E-state index is 12.8. The minimum Gasteiger partial charge on any atom is -0.462 e. The molecule has 0 bridgehead atoms. The lowest BCUT2D eigenvalue weighted by Crippen LogP contribution is -2.13. The van der Waals surface area contributed by atoms with Gasteiger partial charge in [-0.05, 0) is 43.2 Å². The molecular formula is C21H17F3N2O3S. The summed E-state index contributed by atoms with van der Waals surface area (Å²) in [5.41, 5.74) is 0.879. The number of ether oxygens (including phenoxy) is 1. The molecule has 3 aromatic rings. The lowest BCUT2D eigenvalue weighted by Gasteiger charge is -2.11. The third-order valence-electron chi connectivity index (χ3n) is 4.17. The van der Waals surface area contributed by atoms with Crippen LogP contribution in [0.15, 0.2) is 48.5 Å². The van der Waals surface area contributed by atoms with Gasteiger partial charge >= 0.3 is 12.1 Å². The van der Waals surface area contributed by atoms with E-state index >= 15 is 0 Å². The smallest absolute Gasteiger partial charge is 0.416 e. The fourth-order valence-electron chi connectivity index (χ4n) is 2.77. The van der Waals surface area contributed by atoms with E-state index < -0.39 is 23.6 Å². The fourth-order valence-corrected chi connectivity index (χ4v) is 3.63. The minimum atomic E-state index is -4.44. The molecule has 0 spiro atoms.